The Kier molecular flexibility index (Phi) is 6.57. The summed E-state index contributed by atoms with van der Waals surface area (Å²) in [5, 5.41) is 13.8. The second-order valence-corrected chi connectivity index (χ2v) is 8.60. The molecule has 0 atom stereocenters. The predicted molar refractivity (Wildman–Crippen MR) is 131 cm³/mol. The number of piperidine rings is 1. The number of amides is 1. The number of nitrogens with one attached hydrogen (secondary N) is 2. The lowest BCUT2D eigenvalue weighted by Crippen LogP contribution is -2.28. The molecule has 11 heteroatoms. The van der Waals surface area contributed by atoms with E-state index in [1.54, 1.807) is 12.3 Å². The van der Waals surface area contributed by atoms with E-state index in [4.69, 9.17) is 15.1 Å². The van der Waals surface area contributed by atoms with Crippen LogP contribution in [0.5, 0.6) is 11.6 Å². The van der Waals surface area contributed by atoms with Crippen molar-refractivity contribution in [1.82, 2.24) is 30.2 Å². The Balaban J connectivity index is 1.29. The molecular weight excluding hydrogens is 448 g/mol. The van der Waals surface area contributed by atoms with Gasteiger partial charge in [-0.25, -0.2) is 14.6 Å². The summed E-state index contributed by atoms with van der Waals surface area (Å²) in [7, 11) is 0. The van der Waals surface area contributed by atoms with Gasteiger partial charge in [-0.2, -0.15) is 0 Å². The van der Waals surface area contributed by atoms with E-state index in [-0.39, 0.29) is 11.7 Å². The van der Waals surface area contributed by atoms with Crippen molar-refractivity contribution in [3.05, 3.63) is 36.5 Å². The molecule has 0 unspecified atom stereocenters. The number of hydrogen-bond acceptors (Lipinski definition) is 9. The summed E-state index contributed by atoms with van der Waals surface area (Å²) in [5.41, 5.74) is 8.42. The predicted octanol–water partition coefficient (Wildman–Crippen LogP) is 3.59. The van der Waals surface area contributed by atoms with Gasteiger partial charge in [0, 0.05) is 30.8 Å². The van der Waals surface area contributed by atoms with Crippen molar-refractivity contribution in [2.75, 3.05) is 24.1 Å². The molecule has 0 spiro atoms. The molecule has 4 N–H and O–H groups in total. The molecule has 1 saturated heterocycles. The number of imidazole rings is 1. The second-order valence-electron chi connectivity index (χ2n) is 8.60. The van der Waals surface area contributed by atoms with Gasteiger partial charge in [-0.15, -0.1) is 0 Å². The molecule has 0 bridgehead atoms. The van der Waals surface area contributed by atoms with Crippen molar-refractivity contribution >= 4 is 28.4 Å². The van der Waals surface area contributed by atoms with Gasteiger partial charge in [0.15, 0.2) is 17.3 Å². The number of carbonyl (C=O) groups is 1. The lowest BCUT2D eigenvalue weighted by Gasteiger charge is -2.22. The van der Waals surface area contributed by atoms with Gasteiger partial charge in [-0.1, -0.05) is 6.07 Å². The third-order valence-electron chi connectivity index (χ3n) is 6.23. The van der Waals surface area contributed by atoms with Crippen LogP contribution in [0.2, 0.25) is 0 Å². The van der Waals surface area contributed by atoms with E-state index in [0.29, 0.717) is 53.2 Å². The van der Waals surface area contributed by atoms with E-state index in [1.807, 2.05) is 35.8 Å². The summed E-state index contributed by atoms with van der Waals surface area (Å²) in [4.78, 5) is 21.4. The van der Waals surface area contributed by atoms with Crippen molar-refractivity contribution in [3.63, 3.8) is 0 Å². The molecule has 1 aromatic carbocycles. The lowest BCUT2D eigenvalue weighted by molar-refractivity contribution is -0.116. The molecule has 1 fully saturated rings. The van der Waals surface area contributed by atoms with Crippen molar-refractivity contribution < 1.29 is 14.2 Å². The fourth-order valence-corrected chi connectivity index (χ4v) is 4.40. The standard InChI is InChI=1S/C24H28N8O3/c1-2-32-19-13-21(27-14-18(19)29-24(32)22-23(25)31-35-30-22)34-17-5-3-4-16(12-17)28-20(33)7-6-15-8-10-26-11-9-15/h3-5,12-15,26H,2,6-11H2,1H3,(H2,25,31)(H,28,33). The number of hydrogen-bond donors (Lipinski definition) is 3. The van der Waals surface area contributed by atoms with Crippen LogP contribution >= 0.6 is 0 Å². The Bertz CT molecular complexity index is 1330. The molecule has 0 saturated carbocycles. The Morgan fingerprint density at radius 1 is 1.29 bits per heavy atom. The number of aryl methyl sites for hydroxylation is 1. The molecule has 1 amide bonds. The van der Waals surface area contributed by atoms with E-state index < -0.39 is 0 Å². The molecule has 11 nitrogen and oxygen atoms in total. The fourth-order valence-electron chi connectivity index (χ4n) is 4.40. The quantitative estimate of drug-likeness (QED) is 0.347. The van der Waals surface area contributed by atoms with Crippen LogP contribution in [-0.4, -0.2) is 43.8 Å². The minimum absolute atomic E-state index is 0.0150. The first kappa shape index (κ1) is 22.8. The fraction of sp³-hybridized carbons (Fsp3) is 0.375. The number of ether oxygens (including phenoxy) is 1. The van der Waals surface area contributed by atoms with Crippen LogP contribution in [0.25, 0.3) is 22.6 Å². The number of nitrogen functional groups attached to an aromatic ring is 1. The van der Waals surface area contributed by atoms with Crippen molar-refractivity contribution in [2.24, 2.45) is 5.92 Å². The van der Waals surface area contributed by atoms with Crippen LogP contribution in [0.3, 0.4) is 0 Å². The first-order valence-corrected chi connectivity index (χ1v) is 11.8. The van der Waals surface area contributed by atoms with Crippen LogP contribution in [0.4, 0.5) is 11.5 Å². The Morgan fingerprint density at radius 3 is 2.91 bits per heavy atom. The Morgan fingerprint density at radius 2 is 2.14 bits per heavy atom. The number of aromatic nitrogens is 5. The molecule has 3 aromatic heterocycles. The van der Waals surface area contributed by atoms with E-state index in [1.165, 1.54) is 0 Å². The monoisotopic (exact) mass is 476 g/mol. The minimum atomic E-state index is 0.0150. The van der Waals surface area contributed by atoms with Crippen molar-refractivity contribution in [3.8, 4) is 23.1 Å². The molecule has 5 rings (SSSR count). The summed E-state index contributed by atoms with van der Waals surface area (Å²) >= 11 is 0. The SMILES string of the molecule is CCn1c(-c2nonc2N)nc2cnc(Oc3cccc(NC(=O)CCC4CCNCC4)c3)cc21. The van der Waals surface area contributed by atoms with E-state index in [2.05, 4.69) is 30.9 Å². The van der Waals surface area contributed by atoms with Gasteiger partial charge in [0.2, 0.25) is 11.8 Å². The highest BCUT2D eigenvalue weighted by atomic mass is 16.6. The largest absolute Gasteiger partial charge is 0.439 e. The number of rotatable bonds is 8. The Hall–Kier alpha value is -3.99. The van der Waals surface area contributed by atoms with E-state index in [9.17, 15) is 4.79 Å². The van der Waals surface area contributed by atoms with Gasteiger partial charge < -0.3 is 25.7 Å². The maximum absolute atomic E-state index is 12.5. The zero-order chi connectivity index (χ0) is 24.2. The third-order valence-corrected chi connectivity index (χ3v) is 6.23. The molecule has 4 aromatic rings. The first-order chi connectivity index (χ1) is 17.1. The number of fused-ring (bicyclic) bond motifs is 1. The highest BCUT2D eigenvalue weighted by Gasteiger charge is 2.19. The highest BCUT2D eigenvalue weighted by molar-refractivity contribution is 5.90. The average molecular weight is 477 g/mol. The van der Waals surface area contributed by atoms with Gasteiger partial charge in [0.1, 0.15) is 11.3 Å². The first-order valence-electron chi connectivity index (χ1n) is 11.8. The zero-order valence-electron chi connectivity index (χ0n) is 19.5. The molecular formula is C24H28N8O3. The Labute approximate surface area is 202 Å². The average Bonchev–Trinajstić information content (AvgIpc) is 3.46. The number of nitrogens with two attached hydrogens (primary N) is 1. The summed E-state index contributed by atoms with van der Waals surface area (Å²) in [6.45, 7) is 4.70. The van der Waals surface area contributed by atoms with E-state index >= 15 is 0 Å². The highest BCUT2D eigenvalue weighted by Crippen LogP contribution is 2.30. The number of benzene rings is 1. The number of carbonyl (C=O) groups excluding carboxylic acids is 1. The van der Waals surface area contributed by atoms with Crippen molar-refractivity contribution in [1.29, 1.82) is 0 Å². The van der Waals surface area contributed by atoms with Crippen molar-refractivity contribution in [2.45, 2.75) is 39.2 Å². The van der Waals surface area contributed by atoms with Crippen LogP contribution in [0.1, 0.15) is 32.6 Å². The molecule has 1 aliphatic rings. The number of nitrogens with zero attached hydrogens (tertiary/aromatic N) is 5. The van der Waals surface area contributed by atoms with Gasteiger partial charge in [0.05, 0.1) is 11.7 Å². The van der Waals surface area contributed by atoms with Gasteiger partial charge >= 0.3 is 0 Å². The van der Waals surface area contributed by atoms with E-state index in [0.717, 1.165) is 37.9 Å². The molecule has 182 valence electrons. The number of pyridine rings is 1. The summed E-state index contributed by atoms with van der Waals surface area (Å²) in [5.74, 6) is 2.33. The maximum Gasteiger partial charge on any atom is 0.224 e. The van der Waals surface area contributed by atoms with Crippen LogP contribution in [-0.2, 0) is 11.3 Å². The van der Waals surface area contributed by atoms with Crippen LogP contribution in [0.15, 0.2) is 41.2 Å². The smallest absolute Gasteiger partial charge is 0.224 e. The second kappa shape index (κ2) is 10.1. The molecule has 4 heterocycles. The topological polar surface area (TPSA) is 146 Å². The summed E-state index contributed by atoms with van der Waals surface area (Å²) in [6, 6.07) is 9.11. The minimum Gasteiger partial charge on any atom is -0.439 e. The number of anilines is 2. The lowest BCUT2D eigenvalue weighted by atomic mass is 9.93. The van der Waals surface area contributed by atoms with Gasteiger partial charge in [0.25, 0.3) is 0 Å². The normalized spacial score (nSPS) is 14.3. The molecule has 35 heavy (non-hydrogen) atoms. The maximum atomic E-state index is 12.5. The third kappa shape index (κ3) is 5.09. The van der Waals surface area contributed by atoms with Gasteiger partial charge in [-0.05, 0) is 67.6 Å². The summed E-state index contributed by atoms with van der Waals surface area (Å²) < 4.78 is 12.7. The molecule has 0 aliphatic carbocycles. The molecule has 0 radical (unpaired) electrons. The zero-order valence-corrected chi connectivity index (χ0v) is 19.5. The van der Waals surface area contributed by atoms with Gasteiger partial charge in [-0.3, -0.25) is 4.79 Å². The molecule has 1 aliphatic heterocycles. The summed E-state index contributed by atoms with van der Waals surface area (Å²) in [6.07, 6.45) is 5.33. The van der Waals surface area contributed by atoms with Crippen LogP contribution < -0.4 is 21.1 Å². The van der Waals surface area contributed by atoms with Crippen LogP contribution in [0, 0.1) is 5.92 Å².